The lowest BCUT2D eigenvalue weighted by molar-refractivity contribution is -0.180. The van der Waals surface area contributed by atoms with Crippen molar-refractivity contribution in [2.75, 3.05) is 6.54 Å². The molecule has 1 aromatic rings. The van der Waals surface area contributed by atoms with Crippen LogP contribution >= 0.6 is 0 Å². The molecule has 4 rings (SSSR count). The maximum Gasteiger partial charge on any atom is 0.413 e. The Balaban J connectivity index is 1.59. The Bertz CT molecular complexity index is 942. The van der Waals surface area contributed by atoms with E-state index in [1.165, 1.54) is 11.2 Å². The van der Waals surface area contributed by atoms with Crippen molar-refractivity contribution in [1.82, 2.24) is 24.8 Å². The highest BCUT2D eigenvalue weighted by molar-refractivity contribution is 6.00. The zero-order valence-corrected chi connectivity index (χ0v) is 20.3. The highest BCUT2D eigenvalue weighted by Gasteiger charge is 2.66. The largest absolute Gasteiger partial charge is 0.444 e. The number of rotatable bonds is 3. The van der Waals surface area contributed by atoms with Gasteiger partial charge in [-0.1, -0.05) is 5.16 Å². The van der Waals surface area contributed by atoms with Crippen molar-refractivity contribution in [1.29, 1.82) is 0 Å². The molecule has 0 saturated carbocycles. The van der Waals surface area contributed by atoms with Crippen molar-refractivity contribution in [3.63, 3.8) is 0 Å². The summed E-state index contributed by atoms with van der Waals surface area (Å²) in [5, 5.41) is 3.59. The number of hydrogen-bond acceptors (Lipinski definition) is 8. The molecule has 2 unspecified atom stereocenters. The molecule has 3 aliphatic heterocycles. The summed E-state index contributed by atoms with van der Waals surface area (Å²) >= 11 is 0. The maximum absolute atomic E-state index is 13.9. The van der Waals surface area contributed by atoms with Gasteiger partial charge >= 0.3 is 6.09 Å². The van der Waals surface area contributed by atoms with Gasteiger partial charge in [0.05, 0.1) is 12.1 Å². The van der Waals surface area contributed by atoms with Gasteiger partial charge in [-0.25, -0.2) is 4.79 Å². The first-order valence-electron chi connectivity index (χ1n) is 11.4. The molecule has 4 atom stereocenters. The molecule has 0 radical (unpaired) electrons. The molecular weight excluding hydrogens is 430 g/mol. The molecule has 3 fully saturated rings. The Labute approximate surface area is 193 Å². The van der Waals surface area contributed by atoms with Crippen molar-refractivity contribution in [2.45, 2.75) is 103 Å². The molecule has 11 nitrogen and oxygen atoms in total. The molecule has 3 aliphatic rings. The average Bonchev–Trinajstić information content (AvgIpc) is 3.41. The van der Waals surface area contributed by atoms with Crippen molar-refractivity contribution in [2.24, 2.45) is 0 Å². The Morgan fingerprint density at radius 2 is 1.97 bits per heavy atom. The standard InChI is InChI=1S/C22H33N5O6/c1-13-16(27(21(6,7)31-13)19(30)32-20(3,4)5)17(28)26-10-8-9-22(26)14(2)25(18(22)29)11-15-23-12-24-33-15/h12-14,16H,8-11H2,1-7H3/t13-,14?,16+,22?/m1/s1. The van der Waals surface area contributed by atoms with E-state index in [2.05, 4.69) is 10.1 Å². The number of carbonyl (C=O) groups excluding carboxylic acids is 3. The van der Waals surface area contributed by atoms with E-state index in [-0.39, 0.29) is 24.4 Å². The van der Waals surface area contributed by atoms with E-state index in [1.54, 1.807) is 51.3 Å². The molecule has 1 aromatic heterocycles. The minimum Gasteiger partial charge on any atom is -0.444 e. The first-order chi connectivity index (χ1) is 15.3. The van der Waals surface area contributed by atoms with Crippen LogP contribution in [0.3, 0.4) is 0 Å². The molecule has 33 heavy (non-hydrogen) atoms. The van der Waals surface area contributed by atoms with Crippen LogP contribution in [0.4, 0.5) is 4.79 Å². The van der Waals surface area contributed by atoms with Crippen molar-refractivity contribution in [3.8, 4) is 0 Å². The van der Waals surface area contributed by atoms with E-state index in [0.29, 0.717) is 25.3 Å². The summed E-state index contributed by atoms with van der Waals surface area (Å²) in [5.41, 5.74) is -2.70. The number of aromatic nitrogens is 2. The quantitative estimate of drug-likeness (QED) is 0.624. The van der Waals surface area contributed by atoms with E-state index in [4.69, 9.17) is 14.0 Å². The smallest absolute Gasteiger partial charge is 0.413 e. The molecule has 3 saturated heterocycles. The van der Waals surface area contributed by atoms with Gasteiger partial charge in [0, 0.05) is 6.54 Å². The maximum atomic E-state index is 13.9. The number of nitrogens with zero attached hydrogens (tertiary/aromatic N) is 5. The number of ether oxygens (including phenoxy) is 2. The zero-order chi connectivity index (χ0) is 24.3. The second kappa shape index (κ2) is 7.68. The predicted molar refractivity (Wildman–Crippen MR) is 114 cm³/mol. The van der Waals surface area contributed by atoms with Gasteiger partial charge in [-0.2, -0.15) is 4.98 Å². The van der Waals surface area contributed by atoms with Gasteiger partial charge in [0.15, 0.2) is 6.33 Å². The fraction of sp³-hybridized carbons (Fsp3) is 0.773. The number of carbonyl (C=O) groups is 3. The van der Waals surface area contributed by atoms with Crippen LogP contribution in [0, 0.1) is 0 Å². The van der Waals surface area contributed by atoms with Crippen molar-refractivity contribution >= 4 is 17.9 Å². The number of amides is 3. The van der Waals surface area contributed by atoms with Gasteiger partial charge in [-0.05, 0) is 61.3 Å². The first-order valence-corrected chi connectivity index (χ1v) is 11.4. The molecule has 3 amide bonds. The van der Waals surface area contributed by atoms with E-state index < -0.39 is 35.1 Å². The predicted octanol–water partition coefficient (Wildman–Crippen LogP) is 1.92. The van der Waals surface area contributed by atoms with Crippen molar-refractivity contribution in [3.05, 3.63) is 12.2 Å². The first kappa shape index (κ1) is 23.5. The van der Waals surface area contributed by atoms with Crippen LogP contribution in [0.2, 0.25) is 0 Å². The third-order valence-electron chi connectivity index (χ3n) is 6.81. The minimum absolute atomic E-state index is 0.145. The topological polar surface area (TPSA) is 118 Å². The van der Waals surface area contributed by atoms with Gasteiger partial charge in [0.1, 0.15) is 29.5 Å². The van der Waals surface area contributed by atoms with Gasteiger partial charge in [0.2, 0.25) is 11.8 Å². The van der Waals surface area contributed by atoms with Crippen LogP contribution in [0.15, 0.2) is 10.9 Å². The Morgan fingerprint density at radius 1 is 1.27 bits per heavy atom. The summed E-state index contributed by atoms with van der Waals surface area (Å²) in [5.74, 6) is -0.0978. The fourth-order valence-electron chi connectivity index (χ4n) is 5.46. The van der Waals surface area contributed by atoms with Gasteiger partial charge < -0.3 is 23.8 Å². The number of hydrogen-bond donors (Lipinski definition) is 0. The summed E-state index contributed by atoms with van der Waals surface area (Å²) < 4.78 is 16.7. The van der Waals surface area contributed by atoms with Gasteiger partial charge in [0.25, 0.3) is 5.91 Å². The third kappa shape index (κ3) is 3.66. The molecule has 11 heteroatoms. The lowest BCUT2D eigenvalue weighted by Gasteiger charge is -2.56. The van der Waals surface area contributed by atoms with E-state index in [0.717, 1.165) is 0 Å². The molecule has 0 aliphatic carbocycles. The minimum atomic E-state index is -1.03. The average molecular weight is 464 g/mol. The molecular formula is C22H33N5O6. The lowest BCUT2D eigenvalue weighted by Crippen LogP contribution is -2.78. The van der Waals surface area contributed by atoms with Crippen LogP contribution in [-0.4, -0.2) is 84.3 Å². The normalized spacial score (nSPS) is 31.3. The zero-order valence-electron chi connectivity index (χ0n) is 20.3. The highest BCUT2D eigenvalue weighted by atomic mass is 16.6. The SMILES string of the molecule is CC1N(Cc2ncno2)C(=O)C12CCCN2C(=O)[C@@H]1[C@@H](C)OC(C)(C)N1C(=O)OC(C)(C)C. The molecule has 182 valence electrons. The van der Waals surface area contributed by atoms with Gasteiger partial charge in [-0.15, -0.1) is 0 Å². The second-order valence-electron chi connectivity index (χ2n) is 10.5. The Hall–Kier alpha value is -2.69. The number of β-lactam (4-membered cyclic amide) rings is 1. The molecule has 0 bridgehead atoms. The second-order valence-corrected chi connectivity index (χ2v) is 10.5. The van der Waals surface area contributed by atoms with E-state index in [9.17, 15) is 14.4 Å². The van der Waals surface area contributed by atoms with Gasteiger partial charge in [-0.3, -0.25) is 14.5 Å². The third-order valence-corrected chi connectivity index (χ3v) is 6.81. The molecule has 1 spiro atoms. The molecule has 0 aromatic carbocycles. The summed E-state index contributed by atoms with van der Waals surface area (Å²) in [4.78, 5) is 49.1. The van der Waals surface area contributed by atoms with Crippen LogP contribution < -0.4 is 0 Å². The van der Waals surface area contributed by atoms with Crippen LogP contribution in [0.25, 0.3) is 0 Å². The summed E-state index contributed by atoms with van der Waals surface area (Å²) in [6.07, 6.45) is 1.39. The number of likely N-dealkylation sites (tertiary alicyclic amines) is 2. The lowest BCUT2D eigenvalue weighted by atomic mass is 9.77. The Morgan fingerprint density at radius 3 is 2.55 bits per heavy atom. The summed E-state index contributed by atoms with van der Waals surface area (Å²) in [6, 6.07) is -1.13. The van der Waals surface area contributed by atoms with Crippen LogP contribution in [-0.2, 0) is 25.6 Å². The summed E-state index contributed by atoms with van der Waals surface area (Å²) in [7, 11) is 0. The fourth-order valence-corrected chi connectivity index (χ4v) is 5.46. The Kier molecular flexibility index (Phi) is 5.46. The molecule has 4 heterocycles. The monoisotopic (exact) mass is 463 g/mol. The summed E-state index contributed by atoms with van der Waals surface area (Å²) in [6.45, 7) is 13.1. The van der Waals surface area contributed by atoms with E-state index >= 15 is 0 Å². The van der Waals surface area contributed by atoms with E-state index in [1.807, 2.05) is 6.92 Å². The van der Waals surface area contributed by atoms with Crippen LogP contribution in [0.5, 0.6) is 0 Å². The van der Waals surface area contributed by atoms with Crippen LogP contribution in [0.1, 0.15) is 67.2 Å². The molecule has 0 N–H and O–H groups in total. The highest BCUT2D eigenvalue weighted by Crippen LogP contribution is 2.46. The van der Waals surface area contributed by atoms with Crippen molar-refractivity contribution < 1.29 is 28.4 Å².